The van der Waals surface area contributed by atoms with Gasteiger partial charge in [-0.3, -0.25) is 9.59 Å². The first-order valence-corrected chi connectivity index (χ1v) is 7.45. The van der Waals surface area contributed by atoms with Gasteiger partial charge in [0.1, 0.15) is 0 Å². The Morgan fingerprint density at radius 1 is 0.947 bits per heavy atom. The summed E-state index contributed by atoms with van der Waals surface area (Å²) in [4.78, 5) is 25.2. The van der Waals surface area contributed by atoms with Crippen LogP contribution in [0.25, 0.3) is 0 Å². The van der Waals surface area contributed by atoms with Gasteiger partial charge in [0.2, 0.25) is 0 Å². The van der Waals surface area contributed by atoms with Crippen molar-refractivity contribution in [2.24, 2.45) is 11.8 Å². The van der Waals surface area contributed by atoms with E-state index in [4.69, 9.17) is 0 Å². The van der Waals surface area contributed by atoms with Gasteiger partial charge in [-0.2, -0.15) is 0 Å². The fraction of sp³-hybridized carbons (Fsp3) is 0.625. The minimum atomic E-state index is -0.371. The minimum absolute atomic E-state index is 0.313. The van der Waals surface area contributed by atoms with Crippen molar-refractivity contribution in [1.82, 2.24) is 4.90 Å². The third-order valence-corrected chi connectivity index (χ3v) is 4.76. The quantitative estimate of drug-likeness (QED) is 0.627. The van der Waals surface area contributed by atoms with E-state index in [1.165, 1.54) is 43.4 Å². The molecule has 1 amide bonds. The molecule has 2 fully saturated rings. The smallest absolute Gasteiger partial charge is 0.299 e. The molecule has 0 spiro atoms. The molecule has 2 unspecified atom stereocenters. The number of carbonyl (C=O) groups is 2. The highest BCUT2D eigenvalue weighted by atomic mass is 16.2. The first-order valence-electron chi connectivity index (χ1n) is 7.45. The molecule has 0 aromatic rings. The van der Waals surface area contributed by atoms with Gasteiger partial charge in [0, 0.05) is 12.6 Å². The summed E-state index contributed by atoms with van der Waals surface area (Å²) >= 11 is 0. The highest BCUT2D eigenvalue weighted by Crippen LogP contribution is 2.39. The van der Waals surface area contributed by atoms with E-state index < -0.39 is 0 Å². The van der Waals surface area contributed by atoms with Crippen molar-refractivity contribution in [3.8, 4) is 0 Å². The SMILES string of the molecule is CN1C(=O)C(=O)C2=CC3CCCCCCCC3C=C21. The number of likely N-dealkylation sites (tertiary alicyclic amines) is 1. The van der Waals surface area contributed by atoms with Crippen molar-refractivity contribution in [2.75, 3.05) is 7.05 Å². The molecule has 102 valence electrons. The lowest BCUT2D eigenvalue weighted by Gasteiger charge is -2.27. The number of carbonyl (C=O) groups excluding carboxylic acids is 2. The molecule has 3 nitrogen and oxygen atoms in total. The van der Waals surface area contributed by atoms with E-state index in [0.717, 1.165) is 12.1 Å². The zero-order chi connectivity index (χ0) is 13.4. The van der Waals surface area contributed by atoms with E-state index in [-0.39, 0.29) is 11.7 Å². The number of fused-ring (bicyclic) bond motifs is 2. The molecule has 1 saturated carbocycles. The fourth-order valence-electron chi connectivity index (χ4n) is 3.59. The fourth-order valence-corrected chi connectivity index (χ4v) is 3.59. The van der Waals surface area contributed by atoms with E-state index in [1.807, 2.05) is 0 Å². The van der Waals surface area contributed by atoms with Crippen LogP contribution in [0, 0.1) is 11.8 Å². The first-order chi connectivity index (χ1) is 9.18. The Labute approximate surface area is 114 Å². The number of rotatable bonds is 0. The second-order valence-corrected chi connectivity index (χ2v) is 6.00. The van der Waals surface area contributed by atoms with Gasteiger partial charge in [0.15, 0.2) is 0 Å². The summed E-state index contributed by atoms with van der Waals surface area (Å²) in [7, 11) is 1.71. The van der Waals surface area contributed by atoms with Gasteiger partial charge in [-0.15, -0.1) is 0 Å². The summed E-state index contributed by atoms with van der Waals surface area (Å²) in [5.74, 6) is 0.286. The predicted octanol–water partition coefficient (Wildman–Crippen LogP) is 2.83. The number of ketones is 1. The van der Waals surface area contributed by atoms with E-state index in [1.54, 1.807) is 7.05 Å². The van der Waals surface area contributed by atoms with Gasteiger partial charge in [-0.05, 0) is 24.7 Å². The van der Waals surface area contributed by atoms with Gasteiger partial charge in [-0.1, -0.05) is 44.3 Å². The number of likely N-dealkylation sites (N-methyl/N-ethyl adjacent to an activating group) is 1. The van der Waals surface area contributed by atoms with Crippen molar-refractivity contribution < 1.29 is 9.59 Å². The van der Waals surface area contributed by atoms with Crippen LogP contribution in [0.3, 0.4) is 0 Å². The third kappa shape index (κ3) is 2.15. The summed E-state index contributed by atoms with van der Waals surface area (Å²) in [6, 6.07) is 0. The van der Waals surface area contributed by atoms with Crippen LogP contribution in [0.4, 0.5) is 0 Å². The van der Waals surface area contributed by atoms with Gasteiger partial charge in [0.05, 0.1) is 5.70 Å². The van der Waals surface area contributed by atoms with Crippen molar-refractivity contribution in [1.29, 1.82) is 0 Å². The highest BCUT2D eigenvalue weighted by molar-refractivity contribution is 6.47. The van der Waals surface area contributed by atoms with Gasteiger partial charge in [-0.25, -0.2) is 0 Å². The van der Waals surface area contributed by atoms with Crippen LogP contribution in [-0.4, -0.2) is 23.6 Å². The van der Waals surface area contributed by atoms with Crippen LogP contribution in [0.5, 0.6) is 0 Å². The second kappa shape index (κ2) is 4.95. The topological polar surface area (TPSA) is 37.4 Å². The first kappa shape index (κ1) is 12.6. The molecule has 2 aliphatic carbocycles. The van der Waals surface area contributed by atoms with Crippen LogP contribution in [0.15, 0.2) is 23.4 Å². The molecule has 3 rings (SSSR count). The molecule has 1 saturated heterocycles. The Balaban J connectivity index is 1.91. The highest BCUT2D eigenvalue weighted by Gasteiger charge is 2.40. The van der Waals surface area contributed by atoms with Gasteiger partial charge < -0.3 is 4.90 Å². The summed E-state index contributed by atoms with van der Waals surface area (Å²) in [6.45, 7) is 0. The Morgan fingerprint density at radius 3 is 2.21 bits per heavy atom. The molecule has 0 aromatic heterocycles. The Morgan fingerprint density at radius 2 is 1.53 bits per heavy atom. The van der Waals surface area contributed by atoms with Crippen molar-refractivity contribution in [3.63, 3.8) is 0 Å². The molecule has 0 N–H and O–H groups in total. The van der Waals surface area contributed by atoms with Gasteiger partial charge >= 0.3 is 0 Å². The maximum absolute atomic E-state index is 11.9. The Bertz CT molecular complexity index is 475. The molecule has 0 aromatic carbocycles. The van der Waals surface area contributed by atoms with Crippen LogP contribution in [-0.2, 0) is 9.59 Å². The Hall–Kier alpha value is -1.38. The largest absolute Gasteiger partial charge is 0.308 e. The lowest BCUT2D eigenvalue weighted by molar-refractivity contribution is -0.138. The zero-order valence-corrected chi connectivity index (χ0v) is 11.5. The average Bonchev–Trinajstić information content (AvgIpc) is 2.70. The van der Waals surface area contributed by atoms with Crippen LogP contribution in [0.2, 0.25) is 0 Å². The maximum atomic E-state index is 11.9. The molecule has 19 heavy (non-hydrogen) atoms. The average molecular weight is 259 g/mol. The molecule has 0 radical (unpaired) electrons. The lowest BCUT2D eigenvalue weighted by atomic mass is 9.79. The standard InChI is InChI=1S/C16H21NO2/c1-17-14-10-12-8-6-4-2-3-5-7-11(12)9-13(14)15(18)16(17)19/h9-12H,2-8H2,1H3. The summed E-state index contributed by atoms with van der Waals surface area (Å²) in [5, 5.41) is 0. The third-order valence-electron chi connectivity index (χ3n) is 4.76. The van der Waals surface area contributed by atoms with Crippen LogP contribution < -0.4 is 0 Å². The summed E-state index contributed by atoms with van der Waals surface area (Å²) in [6.07, 6.45) is 13.1. The maximum Gasteiger partial charge on any atom is 0.299 e. The summed E-state index contributed by atoms with van der Waals surface area (Å²) in [5.41, 5.74) is 1.52. The number of Topliss-reactive ketones (excluding diaryl/α,β-unsaturated/α-hetero) is 1. The molecule has 3 heteroatoms. The monoisotopic (exact) mass is 259 g/mol. The molecule has 3 aliphatic rings. The van der Waals surface area contributed by atoms with E-state index >= 15 is 0 Å². The lowest BCUT2D eigenvalue weighted by Crippen LogP contribution is -2.22. The molecule has 0 bridgehead atoms. The number of amides is 1. The number of nitrogens with zero attached hydrogens (tertiary/aromatic N) is 1. The number of hydrogen-bond acceptors (Lipinski definition) is 2. The van der Waals surface area contributed by atoms with Crippen molar-refractivity contribution in [3.05, 3.63) is 23.4 Å². The molecule has 1 aliphatic heterocycles. The van der Waals surface area contributed by atoms with E-state index in [0.29, 0.717) is 17.4 Å². The molecule has 2 atom stereocenters. The van der Waals surface area contributed by atoms with E-state index in [2.05, 4.69) is 12.2 Å². The molecule has 1 heterocycles. The zero-order valence-electron chi connectivity index (χ0n) is 11.5. The number of allylic oxidation sites excluding steroid dienone is 3. The van der Waals surface area contributed by atoms with Crippen molar-refractivity contribution in [2.45, 2.75) is 44.9 Å². The van der Waals surface area contributed by atoms with Crippen LogP contribution >= 0.6 is 0 Å². The summed E-state index contributed by atoms with van der Waals surface area (Å²) < 4.78 is 0. The van der Waals surface area contributed by atoms with E-state index in [9.17, 15) is 9.59 Å². The van der Waals surface area contributed by atoms with Crippen molar-refractivity contribution >= 4 is 11.7 Å². The van der Waals surface area contributed by atoms with Crippen LogP contribution in [0.1, 0.15) is 44.9 Å². The minimum Gasteiger partial charge on any atom is -0.308 e. The number of hydrogen-bond donors (Lipinski definition) is 0. The second-order valence-electron chi connectivity index (χ2n) is 6.00. The van der Waals surface area contributed by atoms with Gasteiger partial charge in [0.25, 0.3) is 11.7 Å². The Kier molecular flexibility index (Phi) is 3.29. The predicted molar refractivity (Wildman–Crippen MR) is 73.2 cm³/mol. The molecular weight excluding hydrogens is 238 g/mol. The molecular formula is C16H21NO2. The normalized spacial score (nSPS) is 31.7.